The third kappa shape index (κ3) is 2.65. The molecule has 22 heavy (non-hydrogen) atoms. The molecular weight excluding hydrogens is 278 g/mol. The van der Waals surface area contributed by atoms with Gasteiger partial charge in [0, 0.05) is 22.8 Å². The molecule has 0 saturated carbocycles. The largest absolute Gasteiger partial charge is 0.497 e. The van der Waals surface area contributed by atoms with Gasteiger partial charge in [0.1, 0.15) is 5.75 Å². The SMILES string of the molecule is COc1ccc2[nH]c(C)c(C(=O)NCc3ccccn3)c2c1. The monoisotopic (exact) mass is 295 g/mol. The number of hydrogen-bond donors (Lipinski definition) is 2. The molecule has 0 radical (unpaired) electrons. The fourth-order valence-electron chi connectivity index (χ4n) is 2.49. The maximum absolute atomic E-state index is 12.5. The van der Waals surface area contributed by atoms with Crippen LogP contribution in [0.25, 0.3) is 10.9 Å². The fourth-order valence-corrected chi connectivity index (χ4v) is 2.49. The number of ether oxygens (including phenoxy) is 1. The number of aryl methyl sites for hydroxylation is 1. The Balaban J connectivity index is 1.88. The number of hydrogen-bond acceptors (Lipinski definition) is 3. The molecule has 2 heterocycles. The number of rotatable bonds is 4. The maximum atomic E-state index is 12.5. The molecule has 0 atom stereocenters. The summed E-state index contributed by atoms with van der Waals surface area (Å²) in [5.41, 5.74) is 3.22. The van der Waals surface area contributed by atoms with Crippen LogP contribution in [0.3, 0.4) is 0 Å². The minimum absolute atomic E-state index is 0.123. The van der Waals surface area contributed by atoms with E-state index in [2.05, 4.69) is 15.3 Å². The topological polar surface area (TPSA) is 67.0 Å². The van der Waals surface area contributed by atoms with Gasteiger partial charge in [0.05, 0.1) is 24.9 Å². The van der Waals surface area contributed by atoms with Crippen LogP contribution in [0.2, 0.25) is 0 Å². The number of carbonyl (C=O) groups is 1. The molecule has 0 fully saturated rings. The lowest BCUT2D eigenvalue weighted by Crippen LogP contribution is -2.23. The van der Waals surface area contributed by atoms with E-state index in [0.717, 1.165) is 28.0 Å². The van der Waals surface area contributed by atoms with E-state index < -0.39 is 0 Å². The summed E-state index contributed by atoms with van der Waals surface area (Å²) in [4.78, 5) is 19.9. The van der Waals surface area contributed by atoms with Crippen LogP contribution in [-0.2, 0) is 6.54 Å². The third-order valence-electron chi connectivity index (χ3n) is 3.58. The molecule has 3 rings (SSSR count). The highest BCUT2D eigenvalue weighted by Crippen LogP contribution is 2.26. The van der Waals surface area contributed by atoms with Gasteiger partial charge in [-0.3, -0.25) is 9.78 Å². The number of nitrogens with one attached hydrogen (secondary N) is 2. The molecule has 0 aliphatic carbocycles. The molecule has 2 aromatic heterocycles. The fraction of sp³-hybridized carbons (Fsp3) is 0.176. The van der Waals surface area contributed by atoms with Crippen LogP contribution in [0.5, 0.6) is 5.75 Å². The van der Waals surface area contributed by atoms with E-state index in [1.807, 2.05) is 43.3 Å². The van der Waals surface area contributed by atoms with Crippen molar-refractivity contribution in [2.75, 3.05) is 7.11 Å². The van der Waals surface area contributed by atoms with Crippen molar-refractivity contribution < 1.29 is 9.53 Å². The van der Waals surface area contributed by atoms with E-state index in [0.29, 0.717) is 12.1 Å². The van der Waals surface area contributed by atoms with Crippen molar-refractivity contribution in [2.24, 2.45) is 0 Å². The summed E-state index contributed by atoms with van der Waals surface area (Å²) in [6, 6.07) is 11.3. The number of aromatic amines is 1. The van der Waals surface area contributed by atoms with Gasteiger partial charge in [-0.05, 0) is 37.3 Å². The molecule has 0 saturated heterocycles. The van der Waals surface area contributed by atoms with Crippen molar-refractivity contribution in [2.45, 2.75) is 13.5 Å². The minimum Gasteiger partial charge on any atom is -0.497 e. The zero-order valence-electron chi connectivity index (χ0n) is 12.5. The normalized spacial score (nSPS) is 10.6. The van der Waals surface area contributed by atoms with E-state index in [-0.39, 0.29) is 5.91 Å². The molecule has 0 aliphatic rings. The van der Waals surface area contributed by atoms with Gasteiger partial charge in [-0.1, -0.05) is 6.07 Å². The summed E-state index contributed by atoms with van der Waals surface area (Å²) >= 11 is 0. The molecule has 3 aromatic rings. The van der Waals surface area contributed by atoms with Crippen molar-refractivity contribution in [1.82, 2.24) is 15.3 Å². The molecular formula is C17H17N3O2. The Morgan fingerprint density at radius 1 is 1.32 bits per heavy atom. The van der Waals surface area contributed by atoms with Crippen LogP contribution in [0.15, 0.2) is 42.6 Å². The van der Waals surface area contributed by atoms with Gasteiger partial charge in [-0.2, -0.15) is 0 Å². The first-order chi connectivity index (χ1) is 10.7. The first-order valence-electron chi connectivity index (χ1n) is 7.03. The number of benzene rings is 1. The van der Waals surface area contributed by atoms with E-state index >= 15 is 0 Å². The molecule has 1 aromatic carbocycles. The van der Waals surface area contributed by atoms with Gasteiger partial charge in [-0.15, -0.1) is 0 Å². The van der Waals surface area contributed by atoms with Crippen LogP contribution >= 0.6 is 0 Å². The number of amides is 1. The second-order valence-electron chi connectivity index (χ2n) is 5.04. The summed E-state index contributed by atoms with van der Waals surface area (Å²) in [7, 11) is 1.61. The molecule has 1 amide bonds. The standard InChI is InChI=1S/C17H17N3O2/c1-11-16(14-9-13(22-2)6-7-15(14)20-11)17(21)19-10-12-5-3-4-8-18-12/h3-9,20H,10H2,1-2H3,(H,19,21). The Morgan fingerprint density at radius 2 is 2.18 bits per heavy atom. The predicted octanol–water partition coefficient (Wildman–Crippen LogP) is 2.81. The second-order valence-corrected chi connectivity index (χ2v) is 5.04. The Labute approximate surface area is 128 Å². The lowest BCUT2D eigenvalue weighted by Gasteiger charge is -2.05. The number of carbonyl (C=O) groups excluding carboxylic acids is 1. The molecule has 112 valence electrons. The quantitative estimate of drug-likeness (QED) is 0.777. The summed E-state index contributed by atoms with van der Waals surface area (Å²) in [6.07, 6.45) is 1.71. The third-order valence-corrected chi connectivity index (χ3v) is 3.58. The van der Waals surface area contributed by atoms with Gasteiger partial charge in [-0.25, -0.2) is 0 Å². The smallest absolute Gasteiger partial charge is 0.254 e. The Hall–Kier alpha value is -2.82. The second kappa shape index (κ2) is 5.89. The highest BCUT2D eigenvalue weighted by Gasteiger charge is 2.16. The lowest BCUT2D eigenvalue weighted by atomic mass is 10.1. The Bertz CT molecular complexity index is 809. The summed E-state index contributed by atoms with van der Waals surface area (Å²) in [5.74, 6) is 0.605. The van der Waals surface area contributed by atoms with E-state index in [1.54, 1.807) is 13.3 Å². The van der Waals surface area contributed by atoms with E-state index in [9.17, 15) is 4.79 Å². The molecule has 0 unspecified atom stereocenters. The maximum Gasteiger partial charge on any atom is 0.254 e. The lowest BCUT2D eigenvalue weighted by molar-refractivity contribution is 0.0951. The summed E-state index contributed by atoms with van der Waals surface area (Å²) in [5, 5.41) is 3.77. The van der Waals surface area contributed by atoms with Crippen molar-refractivity contribution in [3.8, 4) is 5.75 Å². The van der Waals surface area contributed by atoms with Crippen molar-refractivity contribution >= 4 is 16.8 Å². The highest BCUT2D eigenvalue weighted by molar-refractivity contribution is 6.08. The number of nitrogens with zero attached hydrogens (tertiary/aromatic N) is 1. The zero-order valence-corrected chi connectivity index (χ0v) is 12.5. The molecule has 0 spiro atoms. The highest BCUT2D eigenvalue weighted by atomic mass is 16.5. The van der Waals surface area contributed by atoms with Gasteiger partial charge >= 0.3 is 0 Å². The van der Waals surface area contributed by atoms with Crippen LogP contribution in [0.4, 0.5) is 0 Å². The molecule has 5 heteroatoms. The first kappa shape index (κ1) is 14.1. The average molecular weight is 295 g/mol. The number of fused-ring (bicyclic) bond motifs is 1. The number of methoxy groups -OCH3 is 1. The van der Waals surface area contributed by atoms with E-state index in [1.165, 1.54) is 0 Å². The van der Waals surface area contributed by atoms with Gasteiger partial charge in [0.25, 0.3) is 5.91 Å². The Kier molecular flexibility index (Phi) is 3.78. The zero-order chi connectivity index (χ0) is 15.5. The average Bonchev–Trinajstić information content (AvgIpc) is 2.88. The van der Waals surface area contributed by atoms with Crippen LogP contribution in [0, 0.1) is 6.92 Å². The van der Waals surface area contributed by atoms with Crippen molar-refractivity contribution in [1.29, 1.82) is 0 Å². The minimum atomic E-state index is -0.123. The number of H-pyrrole nitrogens is 1. The van der Waals surface area contributed by atoms with E-state index in [4.69, 9.17) is 4.74 Å². The summed E-state index contributed by atoms with van der Waals surface area (Å²) < 4.78 is 5.24. The van der Waals surface area contributed by atoms with Crippen LogP contribution in [-0.4, -0.2) is 23.0 Å². The molecule has 2 N–H and O–H groups in total. The van der Waals surface area contributed by atoms with Gasteiger partial charge in [0.2, 0.25) is 0 Å². The number of aromatic nitrogens is 2. The van der Waals surface area contributed by atoms with Gasteiger partial charge in [0.15, 0.2) is 0 Å². The first-order valence-corrected chi connectivity index (χ1v) is 7.03. The predicted molar refractivity (Wildman–Crippen MR) is 85.0 cm³/mol. The molecule has 0 bridgehead atoms. The van der Waals surface area contributed by atoms with Crippen molar-refractivity contribution in [3.63, 3.8) is 0 Å². The molecule has 0 aliphatic heterocycles. The molecule has 5 nitrogen and oxygen atoms in total. The van der Waals surface area contributed by atoms with Crippen LogP contribution < -0.4 is 10.1 Å². The summed E-state index contributed by atoms with van der Waals surface area (Å²) in [6.45, 7) is 2.29. The van der Waals surface area contributed by atoms with Crippen LogP contribution in [0.1, 0.15) is 21.7 Å². The van der Waals surface area contributed by atoms with Gasteiger partial charge < -0.3 is 15.0 Å². The number of pyridine rings is 1. The van der Waals surface area contributed by atoms with Crippen molar-refractivity contribution in [3.05, 3.63) is 59.5 Å². The Morgan fingerprint density at radius 3 is 2.91 bits per heavy atom.